The number of nitrogens with one attached hydrogen (secondary N) is 2. The molecule has 1 saturated heterocycles. The Labute approximate surface area is 111 Å². The molecule has 0 amide bonds. The molecule has 2 heterocycles. The summed E-state index contributed by atoms with van der Waals surface area (Å²) in [6, 6.07) is 2.85. The molecule has 0 radical (unpaired) electrons. The standard InChI is InChI=1S/C12H18N4O3/c1-8-9(3-4-19-8)7-14-12-6-10(16(17)18)5-11(13-2)15-12/h5-6,8-9H,3-4,7H2,1-2H3,(H2,13,14,15). The van der Waals surface area contributed by atoms with Crippen LogP contribution < -0.4 is 10.6 Å². The first kappa shape index (κ1) is 13.5. The predicted octanol–water partition coefficient (Wildman–Crippen LogP) is 1.87. The van der Waals surface area contributed by atoms with Gasteiger partial charge in [0.1, 0.15) is 11.6 Å². The highest BCUT2D eigenvalue weighted by molar-refractivity contribution is 5.54. The van der Waals surface area contributed by atoms with Gasteiger partial charge in [-0.1, -0.05) is 0 Å². The molecule has 0 saturated carbocycles. The summed E-state index contributed by atoms with van der Waals surface area (Å²) in [6.45, 7) is 3.52. The Morgan fingerprint density at radius 2 is 2.26 bits per heavy atom. The molecular weight excluding hydrogens is 248 g/mol. The molecule has 104 valence electrons. The van der Waals surface area contributed by atoms with Crippen LogP contribution in [-0.2, 0) is 4.74 Å². The van der Waals surface area contributed by atoms with Gasteiger partial charge < -0.3 is 15.4 Å². The van der Waals surface area contributed by atoms with Gasteiger partial charge in [-0.2, -0.15) is 0 Å². The lowest BCUT2D eigenvalue weighted by Gasteiger charge is -2.15. The Hall–Kier alpha value is -1.89. The third kappa shape index (κ3) is 3.31. The molecule has 1 fully saturated rings. The number of ether oxygens (including phenoxy) is 1. The van der Waals surface area contributed by atoms with Gasteiger partial charge in [-0.3, -0.25) is 10.1 Å². The summed E-state index contributed by atoms with van der Waals surface area (Å²) in [4.78, 5) is 14.7. The number of hydrogen-bond donors (Lipinski definition) is 2. The van der Waals surface area contributed by atoms with Crippen LogP contribution in [0.5, 0.6) is 0 Å². The summed E-state index contributed by atoms with van der Waals surface area (Å²) in [7, 11) is 1.68. The zero-order valence-corrected chi connectivity index (χ0v) is 11.0. The van der Waals surface area contributed by atoms with E-state index in [4.69, 9.17) is 4.74 Å². The van der Waals surface area contributed by atoms with Gasteiger partial charge in [0, 0.05) is 26.1 Å². The zero-order valence-electron chi connectivity index (χ0n) is 11.0. The molecule has 0 aliphatic carbocycles. The number of anilines is 2. The van der Waals surface area contributed by atoms with Gasteiger partial charge in [0.25, 0.3) is 5.69 Å². The maximum absolute atomic E-state index is 10.8. The average Bonchev–Trinajstić information content (AvgIpc) is 2.81. The lowest BCUT2D eigenvalue weighted by Crippen LogP contribution is -2.21. The minimum atomic E-state index is -0.422. The lowest BCUT2D eigenvalue weighted by atomic mass is 10.0. The first-order chi connectivity index (χ1) is 9.10. The van der Waals surface area contributed by atoms with Gasteiger partial charge in [0.2, 0.25) is 0 Å². The Kier molecular flexibility index (Phi) is 4.16. The molecule has 7 heteroatoms. The Morgan fingerprint density at radius 3 is 2.84 bits per heavy atom. The van der Waals surface area contributed by atoms with Crippen LogP contribution in [0.1, 0.15) is 13.3 Å². The molecule has 19 heavy (non-hydrogen) atoms. The summed E-state index contributed by atoms with van der Waals surface area (Å²) in [5.74, 6) is 1.41. The number of aromatic nitrogens is 1. The SMILES string of the molecule is CNc1cc([N+](=O)[O-])cc(NCC2CCOC2C)n1. The number of pyridine rings is 1. The van der Waals surface area contributed by atoms with Crippen molar-refractivity contribution in [3.63, 3.8) is 0 Å². The molecule has 2 N–H and O–H groups in total. The lowest BCUT2D eigenvalue weighted by molar-refractivity contribution is -0.384. The van der Waals surface area contributed by atoms with E-state index in [0.29, 0.717) is 24.1 Å². The monoisotopic (exact) mass is 266 g/mol. The first-order valence-corrected chi connectivity index (χ1v) is 6.30. The van der Waals surface area contributed by atoms with Crippen LogP contribution in [0.3, 0.4) is 0 Å². The molecule has 2 unspecified atom stereocenters. The van der Waals surface area contributed by atoms with Crippen molar-refractivity contribution >= 4 is 17.3 Å². The fraction of sp³-hybridized carbons (Fsp3) is 0.583. The van der Waals surface area contributed by atoms with E-state index in [1.807, 2.05) is 6.92 Å². The first-order valence-electron chi connectivity index (χ1n) is 6.30. The number of rotatable bonds is 5. The molecule has 0 spiro atoms. The second-order valence-electron chi connectivity index (χ2n) is 4.61. The second kappa shape index (κ2) is 5.83. The van der Waals surface area contributed by atoms with Crippen LogP contribution in [0.4, 0.5) is 17.3 Å². The van der Waals surface area contributed by atoms with Gasteiger partial charge in [-0.25, -0.2) is 4.98 Å². The minimum Gasteiger partial charge on any atom is -0.378 e. The summed E-state index contributed by atoms with van der Waals surface area (Å²) < 4.78 is 5.48. The molecule has 2 atom stereocenters. The summed E-state index contributed by atoms with van der Waals surface area (Å²) >= 11 is 0. The quantitative estimate of drug-likeness (QED) is 0.624. The highest BCUT2D eigenvalue weighted by atomic mass is 16.6. The number of nitrogens with zero attached hydrogens (tertiary/aromatic N) is 2. The third-order valence-corrected chi connectivity index (χ3v) is 3.36. The molecule has 1 aliphatic rings. The summed E-state index contributed by atoms with van der Waals surface area (Å²) in [6.07, 6.45) is 1.22. The molecule has 0 aromatic carbocycles. The maximum atomic E-state index is 10.8. The van der Waals surface area contributed by atoms with Gasteiger partial charge in [-0.05, 0) is 13.3 Å². The van der Waals surface area contributed by atoms with Crippen LogP contribution in [0.25, 0.3) is 0 Å². The smallest absolute Gasteiger partial charge is 0.276 e. The topological polar surface area (TPSA) is 89.3 Å². The van der Waals surface area contributed by atoms with Crippen LogP contribution in [0.15, 0.2) is 12.1 Å². The average molecular weight is 266 g/mol. The van der Waals surface area contributed by atoms with Crippen molar-refractivity contribution < 1.29 is 9.66 Å². The normalized spacial score (nSPS) is 22.2. The second-order valence-corrected chi connectivity index (χ2v) is 4.61. The predicted molar refractivity (Wildman–Crippen MR) is 72.4 cm³/mol. The maximum Gasteiger partial charge on any atom is 0.276 e. The van der Waals surface area contributed by atoms with Gasteiger partial charge in [0.15, 0.2) is 0 Å². The van der Waals surface area contributed by atoms with Crippen LogP contribution in [0.2, 0.25) is 0 Å². The Balaban J connectivity index is 2.06. The van der Waals surface area contributed by atoms with Crippen LogP contribution >= 0.6 is 0 Å². The highest BCUT2D eigenvalue weighted by Crippen LogP contribution is 2.23. The van der Waals surface area contributed by atoms with E-state index in [0.717, 1.165) is 13.0 Å². The summed E-state index contributed by atoms with van der Waals surface area (Å²) in [5.41, 5.74) is 0.0255. The van der Waals surface area contributed by atoms with Gasteiger partial charge in [0.05, 0.1) is 23.2 Å². The molecule has 7 nitrogen and oxygen atoms in total. The van der Waals surface area contributed by atoms with Crippen molar-refractivity contribution in [3.8, 4) is 0 Å². The van der Waals surface area contributed by atoms with E-state index >= 15 is 0 Å². The van der Waals surface area contributed by atoms with E-state index in [-0.39, 0.29) is 11.8 Å². The fourth-order valence-electron chi connectivity index (χ4n) is 2.12. The van der Waals surface area contributed by atoms with E-state index in [9.17, 15) is 10.1 Å². The van der Waals surface area contributed by atoms with Gasteiger partial charge in [-0.15, -0.1) is 0 Å². The van der Waals surface area contributed by atoms with Crippen molar-refractivity contribution in [2.24, 2.45) is 5.92 Å². The van der Waals surface area contributed by atoms with Crippen molar-refractivity contribution in [2.45, 2.75) is 19.4 Å². The van der Waals surface area contributed by atoms with E-state index in [2.05, 4.69) is 15.6 Å². The molecule has 2 rings (SSSR count). The number of nitro groups is 1. The Bertz CT molecular complexity index is 466. The Morgan fingerprint density at radius 1 is 1.53 bits per heavy atom. The zero-order chi connectivity index (χ0) is 13.8. The van der Waals surface area contributed by atoms with Crippen molar-refractivity contribution in [1.82, 2.24) is 4.98 Å². The highest BCUT2D eigenvalue weighted by Gasteiger charge is 2.24. The fourth-order valence-corrected chi connectivity index (χ4v) is 2.12. The third-order valence-electron chi connectivity index (χ3n) is 3.36. The van der Waals surface area contributed by atoms with Crippen LogP contribution in [-0.4, -0.2) is 36.2 Å². The number of hydrogen-bond acceptors (Lipinski definition) is 6. The van der Waals surface area contributed by atoms with Crippen molar-refractivity contribution in [1.29, 1.82) is 0 Å². The summed E-state index contributed by atoms with van der Waals surface area (Å²) in [5, 5.41) is 16.8. The largest absolute Gasteiger partial charge is 0.378 e. The molecular formula is C12H18N4O3. The minimum absolute atomic E-state index is 0.0255. The van der Waals surface area contributed by atoms with Crippen LogP contribution in [0, 0.1) is 16.0 Å². The van der Waals surface area contributed by atoms with Crippen molar-refractivity contribution in [2.75, 3.05) is 30.8 Å². The van der Waals surface area contributed by atoms with E-state index in [1.54, 1.807) is 7.05 Å². The molecule has 0 bridgehead atoms. The van der Waals surface area contributed by atoms with Gasteiger partial charge >= 0.3 is 0 Å². The van der Waals surface area contributed by atoms with Crippen molar-refractivity contribution in [3.05, 3.63) is 22.2 Å². The molecule has 1 aromatic rings. The molecule has 1 aliphatic heterocycles. The van der Waals surface area contributed by atoms with E-state index in [1.165, 1.54) is 12.1 Å². The molecule has 1 aromatic heterocycles. The van der Waals surface area contributed by atoms with E-state index < -0.39 is 4.92 Å².